The lowest BCUT2D eigenvalue weighted by molar-refractivity contribution is -0.144. The van der Waals surface area contributed by atoms with Crippen LogP contribution in [0.15, 0.2) is 0 Å². The second kappa shape index (κ2) is 7.55. The third-order valence-corrected chi connectivity index (χ3v) is 6.15. The lowest BCUT2D eigenvalue weighted by atomic mass is 9.74. The number of hydrogen-bond acceptors (Lipinski definition) is 2. The highest BCUT2D eigenvalue weighted by Crippen LogP contribution is 2.46. The summed E-state index contributed by atoms with van der Waals surface area (Å²) in [4.78, 5) is 15.5. The summed E-state index contributed by atoms with van der Waals surface area (Å²) < 4.78 is 5.91. The van der Waals surface area contributed by atoms with Crippen LogP contribution in [0.2, 0.25) is 0 Å². The zero-order chi connectivity index (χ0) is 17.2. The molecule has 2 fully saturated rings. The van der Waals surface area contributed by atoms with E-state index in [0.29, 0.717) is 23.2 Å². The van der Waals surface area contributed by atoms with Gasteiger partial charge in [-0.2, -0.15) is 0 Å². The van der Waals surface area contributed by atoms with Crippen molar-refractivity contribution in [2.45, 2.75) is 85.9 Å². The van der Waals surface area contributed by atoms with Crippen LogP contribution in [-0.4, -0.2) is 36.1 Å². The summed E-state index contributed by atoms with van der Waals surface area (Å²) in [5.74, 6) is 1.49. The molecule has 0 radical (unpaired) electrons. The van der Waals surface area contributed by atoms with Crippen LogP contribution in [0.4, 0.5) is 0 Å². The summed E-state index contributed by atoms with van der Waals surface area (Å²) in [7, 11) is 0. The monoisotopic (exact) mass is 323 g/mol. The molecule has 0 N–H and O–H groups in total. The van der Waals surface area contributed by atoms with E-state index >= 15 is 0 Å². The maximum Gasteiger partial charge on any atom is 0.226 e. The van der Waals surface area contributed by atoms with E-state index < -0.39 is 0 Å². The van der Waals surface area contributed by atoms with Crippen LogP contribution in [0.25, 0.3) is 0 Å². The maximum absolute atomic E-state index is 13.4. The Balaban J connectivity index is 2.14. The molecule has 1 saturated carbocycles. The zero-order valence-corrected chi connectivity index (χ0v) is 16.1. The van der Waals surface area contributed by atoms with Crippen molar-refractivity contribution in [3.8, 4) is 0 Å². The van der Waals surface area contributed by atoms with Gasteiger partial charge >= 0.3 is 0 Å². The first-order valence-corrected chi connectivity index (χ1v) is 9.74. The van der Waals surface area contributed by atoms with E-state index in [-0.39, 0.29) is 18.1 Å². The molecule has 0 bridgehead atoms. The Morgan fingerprint density at radius 3 is 2.22 bits per heavy atom. The van der Waals surface area contributed by atoms with Crippen molar-refractivity contribution in [2.24, 2.45) is 23.2 Å². The Morgan fingerprint density at radius 2 is 1.78 bits per heavy atom. The Kier molecular flexibility index (Phi) is 6.16. The summed E-state index contributed by atoms with van der Waals surface area (Å²) in [5, 5.41) is 0. The van der Waals surface area contributed by atoms with E-state index in [0.717, 1.165) is 32.4 Å². The standard InChI is InChI=1S/C20H37NO2/c1-7-14(3)18(17-11-15(4)23-16(5)12-17)19(22)21(8-2)13-20(6)9-10-20/h14-18H,7-13H2,1-6H3. The van der Waals surface area contributed by atoms with Gasteiger partial charge in [-0.15, -0.1) is 0 Å². The van der Waals surface area contributed by atoms with Gasteiger partial charge in [0.15, 0.2) is 0 Å². The average molecular weight is 324 g/mol. The average Bonchev–Trinajstić information content (AvgIpc) is 3.21. The van der Waals surface area contributed by atoms with Crippen LogP contribution in [0, 0.1) is 23.2 Å². The van der Waals surface area contributed by atoms with Crippen LogP contribution in [-0.2, 0) is 9.53 Å². The second-order valence-corrected chi connectivity index (χ2v) is 8.56. The van der Waals surface area contributed by atoms with Crippen LogP contribution in [0.1, 0.15) is 73.6 Å². The summed E-state index contributed by atoms with van der Waals surface area (Å²) in [6.07, 6.45) is 6.23. The lowest BCUT2D eigenvalue weighted by Gasteiger charge is -2.40. The fourth-order valence-corrected chi connectivity index (χ4v) is 4.30. The van der Waals surface area contributed by atoms with Crippen LogP contribution in [0.3, 0.4) is 0 Å². The largest absolute Gasteiger partial charge is 0.376 e. The molecule has 1 aliphatic heterocycles. The molecule has 23 heavy (non-hydrogen) atoms. The molecule has 1 heterocycles. The Hall–Kier alpha value is -0.570. The van der Waals surface area contributed by atoms with Crippen molar-refractivity contribution in [3.63, 3.8) is 0 Å². The molecule has 0 spiro atoms. The third kappa shape index (κ3) is 4.71. The second-order valence-electron chi connectivity index (χ2n) is 8.56. The minimum Gasteiger partial charge on any atom is -0.376 e. The topological polar surface area (TPSA) is 29.5 Å². The van der Waals surface area contributed by atoms with Crippen LogP contribution < -0.4 is 0 Å². The molecular formula is C20H37NO2. The van der Waals surface area contributed by atoms with E-state index in [9.17, 15) is 4.79 Å². The zero-order valence-electron chi connectivity index (χ0n) is 16.1. The quantitative estimate of drug-likeness (QED) is 0.690. The van der Waals surface area contributed by atoms with Crippen molar-refractivity contribution >= 4 is 5.91 Å². The maximum atomic E-state index is 13.4. The molecule has 1 saturated heterocycles. The Labute approximate surface area is 143 Å². The lowest BCUT2D eigenvalue weighted by Crippen LogP contribution is -2.46. The molecule has 2 aliphatic rings. The number of ether oxygens (including phenoxy) is 1. The molecule has 4 unspecified atom stereocenters. The van der Waals surface area contributed by atoms with E-state index in [4.69, 9.17) is 4.74 Å². The number of carbonyl (C=O) groups is 1. The fourth-order valence-electron chi connectivity index (χ4n) is 4.30. The number of nitrogens with zero attached hydrogens (tertiary/aromatic N) is 1. The summed E-state index contributed by atoms with van der Waals surface area (Å²) >= 11 is 0. The molecule has 3 heteroatoms. The van der Waals surface area contributed by atoms with Crippen LogP contribution in [0.5, 0.6) is 0 Å². The summed E-state index contributed by atoms with van der Waals surface area (Å²) in [6.45, 7) is 15.0. The first kappa shape index (κ1) is 18.8. The number of carbonyl (C=O) groups excluding carboxylic acids is 1. The Bertz CT molecular complexity index is 394. The smallest absolute Gasteiger partial charge is 0.226 e. The van der Waals surface area contributed by atoms with Gasteiger partial charge in [0, 0.05) is 19.0 Å². The van der Waals surface area contributed by atoms with Crippen molar-refractivity contribution < 1.29 is 9.53 Å². The minimum atomic E-state index is 0.163. The summed E-state index contributed by atoms with van der Waals surface area (Å²) in [5.41, 5.74) is 0.391. The van der Waals surface area contributed by atoms with Gasteiger partial charge in [0.1, 0.15) is 0 Å². The molecule has 4 atom stereocenters. The molecule has 0 aromatic rings. The van der Waals surface area contributed by atoms with Crippen molar-refractivity contribution in [3.05, 3.63) is 0 Å². The molecule has 1 amide bonds. The highest BCUT2D eigenvalue weighted by atomic mass is 16.5. The summed E-state index contributed by atoms with van der Waals surface area (Å²) in [6, 6.07) is 0. The number of hydrogen-bond donors (Lipinski definition) is 0. The SMILES string of the molecule is CCC(C)C(C(=O)N(CC)CC1(C)CC1)C1CC(C)OC(C)C1. The number of amides is 1. The van der Waals surface area contributed by atoms with E-state index in [1.807, 2.05) is 0 Å². The molecule has 3 nitrogen and oxygen atoms in total. The van der Waals surface area contributed by atoms with E-state index in [1.165, 1.54) is 12.8 Å². The van der Waals surface area contributed by atoms with Crippen molar-refractivity contribution in [1.29, 1.82) is 0 Å². The molecule has 0 aromatic heterocycles. The van der Waals surface area contributed by atoms with Gasteiger partial charge in [0.05, 0.1) is 12.2 Å². The first-order valence-electron chi connectivity index (χ1n) is 9.74. The first-order chi connectivity index (χ1) is 10.8. The van der Waals surface area contributed by atoms with Gasteiger partial charge in [0.25, 0.3) is 0 Å². The number of rotatable bonds is 7. The molecule has 134 valence electrons. The van der Waals surface area contributed by atoms with Gasteiger partial charge in [-0.1, -0.05) is 27.2 Å². The minimum absolute atomic E-state index is 0.163. The third-order valence-electron chi connectivity index (χ3n) is 6.15. The molecular weight excluding hydrogens is 286 g/mol. The van der Waals surface area contributed by atoms with Gasteiger partial charge in [-0.05, 0) is 63.7 Å². The van der Waals surface area contributed by atoms with Gasteiger partial charge in [-0.25, -0.2) is 0 Å². The van der Waals surface area contributed by atoms with Gasteiger partial charge in [0.2, 0.25) is 5.91 Å². The normalized spacial score (nSPS) is 32.2. The predicted molar refractivity (Wildman–Crippen MR) is 95.3 cm³/mol. The van der Waals surface area contributed by atoms with E-state index in [1.54, 1.807) is 0 Å². The Morgan fingerprint density at radius 1 is 1.22 bits per heavy atom. The van der Waals surface area contributed by atoms with E-state index in [2.05, 4.69) is 46.4 Å². The van der Waals surface area contributed by atoms with Crippen molar-refractivity contribution in [1.82, 2.24) is 4.90 Å². The predicted octanol–water partition coefficient (Wildman–Crippen LogP) is 4.50. The van der Waals surface area contributed by atoms with Gasteiger partial charge in [-0.3, -0.25) is 4.79 Å². The molecule has 1 aliphatic carbocycles. The highest BCUT2D eigenvalue weighted by Gasteiger charge is 2.43. The fraction of sp³-hybridized carbons (Fsp3) is 0.950. The molecule has 0 aromatic carbocycles. The molecule has 2 rings (SSSR count). The highest BCUT2D eigenvalue weighted by molar-refractivity contribution is 5.79. The van der Waals surface area contributed by atoms with Crippen molar-refractivity contribution in [2.75, 3.05) is 13.1 Å². The van der Waals surface area contributed by atoms with Gasteiger partial charge < -0.3 is 9.64 Å². The van der Waals surface area contributed by atoms with Crippen LogP contribution >= 0.6 is 0 Å².